The van der Waals surface area contributed by atoms with Gasteiger partial charge in [0.1, 0.15) is 6.04 Å². The number of hydrogen-bond acceptors (Lipinski definition) is 4. The number of para-hydroxylation sites is 1. The van der Waals surface area contributed by atoms with Gasteiger partial charge < -0.3 is 5.32 Å². The lowest BCUT2D eigenvalue weighted by molar-refractivity contribution is -0.125. The number of anilines is 1. The lowest BCUT2D eigenvalue weighted by atomic mass is 9.92. The molecule has 0 saturated heterocycles. The number of Topliss-reactive ketones (excluding diaryl/α,β-unsaturated/α-hetero) is 1. The van der Waals surface area contributed by atoms with Crippen molar-refractivity contribution < 1.29 is 9.59 Å². The molecule has 0 bridgehead atoms. The molecule has 2 rings (SSSR count). The van der Waals surface area contributed by atoms with Crippen LogP contribution in [0.2, 0.25) is 0 Å². The first kappa shape index (κ1) is 13.3. The first-order chi connectivity index (χ1) is 9.16. The second kappa shape index (κ2) is 6.13. The third-order valence-corrected chi connectivity index (χ3v) is 2.96. The smallest absolute Gasteiger partial charge is 0.217 e. The molecule has 0 aliphatic heterocycles. The van der Waals surface area contributed by atoms with Gasteiger partial charge >= 0.3 is 0 Å². The Kier molecular flexibility index (Phi) is 4.28. The number of carbonyl (C=O) groups excluding carboxylic acids is 2. The van der Waals surface area contributed by atoms with Gasteiger partial charge in [0.25, 0.3) is 0 Å². The average Bonchev–Trinajstić information content (AvgIpc) is 2.40. The highest BCUT2D eigenvalue weighted by molar-refractivity contribution is 6.12. The van der Waals surface area contributed by atoms with Gasteiger partial charge in [-0.15, -0.1) is 0 Å². The molecule has 0 spiro atoms. The predicted molar refractivity (Wildman–Crippen MR) is 74.0 cm³/mol. The van der Waals surface area contributed by atoms with E-state index in [1.165, 1.54) is 6.92 Å². The molecule has 2 N–H and O–H groups in total. The van der Waals surface area contributed by atoms with Gasteiger partial charge in [0.15, 0.2) is 5.78 Å². The zero-order chi connectivity index (χ0) is 13.7. The Morgan fingerprint density at radius 1 is 1.26 bits per heavy atom. The van der Waals surface area contributed by atoms with Crippen molar-refractivity contribution in [1.29, 1.82) is 0 Å². The molecule has 19 heavy (non-hydrogen) atoms. The Morgan fingerprint density at radius 3 is 2.68 bits per heavy atom. The van der Waals surface area contributed by atoms with Crippen LogP contribution in [0.15, 0.2) is 35.4 Å². The number of rotatable bonds is 3. The van der Waals surface area contributed by atoms with Crippen molar-refractivity contribution in [2.75, 3.05) is 5.43 Å². The number of benzene rings is 1. The van der Waals surface area contributed by atoms with Crippen LogP contribution in [-0.2, 0) is 9.59 Å². The minimum Gasteiger partial charge on any atom is -0.341 e. The van der Waals surface area contributed by atoms with Crippen molar-refractivity contribution in [3.63, 3.8) is 0 Å². The summed E-state index contributed by atoms with van der Waals surface area (Å²) in [6, 6.07) is 8.93. The summed E-state index contributed by atoms with van der Waals surface area (Å²) in [7, 11) is 0. The summed E-state index contributed by atoms with van der Waals surface area (Å²) in [4.78, 5) is 23.0. The summed E-state index contributed by atoms with van der Waals surface area (Å²) in [5.41, 5.74) is 4.47. The van der Waals surface area contributed by atoms with E-state index in [0.717, 1.165) is 18.5 Å². The largest absolute Gasteiger partial charge is 0.341 e. The number of nitrogens with one attached hydrogen (secondary N) is 2. The highest BCUT2D eigenvalue weighted by Gasteiger charge is 2.28. The summed E-state index contributed by atoms with van der Waals surface area (Å²) >= 11 is 0. The molecule has 1 fully saturated rings. The normalized spacial score (nSPS) is 21.2. The van der Waals surface area contributed by atoms with Crippen molar-refractivity contribution in [2.45, 2.75) is 32.2 Å². The molecule has 0 radical (unpaired) electrons. The highest BCUT2D eigenvalue weighted by atomic mass is 16.2. The maximum atomic E-state index is 11.8. The summed E-state index contributed by atoms with van der Waals surface area (Å²) in [6.45, 7) is 1.41. The van der Waals surface area contributed by atoms with Gasteiger partial charge in [-0.05, 0) is 25.0 Å². The Hall–Kier alpha value is -2.17. The van der Waals surface area contributed by atoms with Crippen LogP contribution in [0.25, 0.3) is 0 Å². The van der Waals surface area contributed by atoms with Crippen molar-refractivity contribution in [1.82, 2.24) is 5.32 Å². The third kappa shape index (κ3) is 3.64. The second-order valence-corrected chi connectivity index (χ2v) is 4.53. The van der Waals surface area contributed by atoms with E-state index >= 15 is 0 Å². The maximum Gasteiger partial charge on any atom is 0.217 e. The second-order valence-electron chi connectivity index (χ2n) is 4.53. The van der Waals surface area contributed by atoms with Crippen LogP contribution in [0.1, 0.15) is 26.2 Å². The molecule has 1 atom stereocenters. The molecule has 1 unspecified atom stereocenters. The molecule has 1 aromatic rings. The van der Waals surface area contributed by atoms with Gasteiger partial charge in [0.2, 0.25) is 5.91 Å². The average molecular weight is 259 g/mol. The minimum atomic E-state index is -0.581. The first-order valence-electron chi connectivity index (χ1n) is 6.34. The molecule has 5 nitrogen and oxygen atoms in total. The molecule has 1 amide bonds. The van der Waals surface area contributed by atoms with Crippen LogP contribution >= 0.6 is 0 Å². The summed E-state index contributed by atoms with van der Waals surface area (Å²) in [5, 5.41) is 6.93. The van der Waals surface area contributed by atoms with Crippen LogP contribution in [0.5, 0.6) is 0 Å². The molecule has 1 aliphatic carbocycles. The number of nitrogens with zero attached hydrogens (tertiary/aromatic N) is 1. The number of carbonyl (C=O) groups is 2. The van der Waals surface area contributed by atoms with E-state index in [9.17, 15) is 9.59 Å². The Labute approximate surface area is 112 Å². The Morgan fingerprint density at radius 2 is 2.00 bits per heavy atom. The van der Waals surface area contributed by atoms with Crippen molar-refractivity contribution in [3.8, 4) is 0 Å². The van der Waals surface area contributed by atoms with Crippen LogP contribution in [0, 0.1) is 0 Å². The molecule has 100 valence electrons. The van der Waals surface area contributed by atoms with Gasteiger partial charge in [-0.3, -0.25) is 15.0 Å². The lowest BCUT2D eigenvalue weighted by Crippen LogP contribution is -2.48. The van der Waals surface area contributed by atoms with Gasteiger partial charge in [0.05, 0.1) is 11.4 Å². The van der Waals surface area contributed by atoms with E-state index in [-0.39, 0.29) is 11.7 Å². The maximum absolute atomic E-state index is 11.8. The summed E-state index contributed by atoms with van der Waals surface area (Å²) in [6.07, 6.45) is 2.00. The molecule has 1 aliphatic rings. The molecule has 1 aromatic carbocycles. The summed E-state index contributed by atoms with van der Waals surface area (Å²) < 4.78 is 0. The Bertz CT molecular complexity index is 497. The number of hydrogen-bond donors (Lipinski definition) is 2. The van der Waals surface area contributed by atoms with Crippen molar-refractivity contribution in [2.24, 2.45) is 5.10 Å². The molecule has 1 saturated carbocycles. The summed E-state index contributed by atoms with van der Waals surface area (Å²) in [5.74, 6) is -0.192. The van der Waals surface area contributed by atoms with Gasteiger partial charge in [-0.1, -0.05) is 18.2 Å². The van der Waals surface area contributed by atoms with E-state index in [2.05, 4.69) is 15.8 Å². The third-order valence-electron chi connectivity index (χ3n) is 2.96. The molecule has 0 heterocycles. The topological polar surface area (TPSA) is 70.6 Å². The van der Waals surface area contributed by atoms with Gasteiger partial charge in [0, 0.05) is 13.3 Å². The molecular formula is C14H17N3O2. The van der Waals surface area contributed by atoms with Crippen LogP contribution in [0.4, 0.5) is 5.69 Å². The zero-order valence-electron chi connectivity index (χ0n) is 10.8. The fraction of sp³-hybridized carbons (Fsp3) is 0.357. The van der Waals surface area contributed by atoms with Gasteiger partial charge in [-0.2, -0.15) is 5.10 Å². The van der Waals surface area contributed by atoms with Crippen molar-refractivity contribution in [3.05, 3.63) is 30.3 Å². The first-order valence-corrected chi connectivity index (χ1v) is 6.34. The van der Waals surface area contributed by atoms with Crippen LogP contribution in [0.3, 0.4) is 0 Å². The fourth-order valence-electron chi connectivity index (χ4n) is 2.05. The monoisotopic (exact) mass is 259 g/mol. The van der Waals surface area contributed by atoms with Gasteiger partial charge in [-0.25, -0.2) is 0 Å². The van der Waals surface area contributed by atoms with Crippen LogP contribution < -0.4 is 10.7 Å². The standard InChI is InChI=1S/C14H17N3O2/c1-10(18)15-14-12(8-5-9-13(14)19)17-16-11-6-3-2-4-7-11/h2-4,6-7,14,16H,5,8-9H2,1H3,(H,15,18). The lowest BCUT2D eigenvalue weighted by Gasteiger charge is -2.23. The van der Waals surface area contributed by atoms with E-state index in [0.29, 0.717) is 12.1 Å². The van der Waals surface area contributed by atoms with Crippen molar-refractivity contribution >= 4 is 23.1 Å². The molecule has 5 heteroatoms. The van der Waals surface area contributed by atoms with E-state index in [1.54, 1.807) is 0 Å². The number of ketones is 1. The Balaban J connectivity index is 2.10. The highest BCUT2D eigenvalue weighted by Crippen LogP contribution is 2.14. The SMILES string of the molecule is CC(=O)NC1C(=O)CCCC1=NNc1ccccc1. The number of hydrazone groups is 1. The minimum absolute atomic E-state index is 0.0232. The molecular weight excluding hydrogens is 242 g/mol. The number of amides is 1. The van der Waals surface area contributed by atoms with E-state index in [1.807, 2.05) is 30.3 Å². The van der Waals surface area contributed by atoms with E-state index in [4.69, 9.17) is 0 Å². The van der Waals surface area contributed by atoms with E-state index < -0.39 is 6.04 Å². The fourth-order valence-corrected chi connectivity index (χ4v) is 2.05. The molecule has 0 aromatic heterocycles. The van der Waals surface area contributed by atoms with Crippen LogP contribution in [-0.4, -0.2) is 23.4 Å². The predicted octanol–water partition coefficient (Wildman–Crippen LogP) is 1.71. The quantitative estimate of drug-likeness (QED) is 0.812. The zero-order valence-corrected chi connectivity index (χ0v) is 10.8.